The molecule has 4 rings (SSSR count). The summed E-state index contributed by atoms with van der Waals surface area (Å²) in [5.41, 5.74) is 8.82. The van der Waals surface area contributed by atoms with E-state index < -0.39 is 0 Å². The summed E-state index contributed by atoms with van der Waals surface area (Å²) in [5.74, 6) is 1.01. The Morgan fingerprint density at radius 1 is 0.905 bits per heavy atom. The van der Waals surface area contributed by atoms with Crippen LogP contribution in [0.1, 0.15) is 47.9 Å². The Kier molecular flexibility index (Phi) is 2.85. The molecular formula is C21H20. The summed E-state index contributed by atoms with van der Waals surface area (Å²) in [5, 5.41) is 0. The van der Waals surface area contributed by atoms with Gasteiger partial charge in [0.2, 0.25) is 0 Å². The molecule has 0 atom stereocenters. The standard InChI is InChI=1S/C21H20/c1-14(2)19-13-21-17(11-16-9-5-6-10-18(16)21)12-20(19)15-7-3-4-8-15/h3-10,12-15H,11H2,1-2H3. The lowest BCUT2D eigenvalue weighted by Crippen LogP contribution is -2.01. The lowest BCUT2D eigenvalue weighted by Gasteiger charge is -2.18. The van der Waals surface area contributed by atoms with Gasteiger partial charge >= 0.3 is 0 Å². The third kappa shape index (κ3) is 1.98. The van der Waals surface area contributed by atoms with Crippen LogP contribution in [0.15, 0.2) is 60.7 Å². The maximum atomic E-state index is 2.45. The fourth-order valence-electron chi connectivity index (χ4n) is 3.65. The Hall–Kier alpha value is -2.08. The van der Waals surface area contributed by atoms with Crippen LogP contribution in [-0.4, -0.2) is 0 Å². The van der Waals surface area contributed by atoms with Gasteiger partial charge in [-0.05, 0) is 45.7 Å². The molecular weight excluding hydrogens is 252 g/mol. The third-order valence-corrected chi connectivity index (χ3v) is 4.73. The van der Waals surface area contributed by atoms with Crippen molar-refractivity contribution in [1.29, 1.82) is 0 Å². The Labute approximate surface area is 126 Å². The molecule has 0 aromatic heterocycles. The highest BCUT2D eigenvalue weighted by molar-refractivity contribution is 5.78. The van der Waals surface area contributed by atoms with E-state index in [-0.39, 0.29) is 0 Å². The van der Waals surface area contributed by atoms with E-state index in [2.05, 4.69) is 74.5 Å². The van der Waals surface area contributed by atoms with E-state index in [0.717, 1.165) is 6.42 Å². The van der Waals surface area contributed by atoms with Crippen molar-refractivity contribution in [2.24, 2.45) is 0 Å². The van der Waals surface area contributed by atoms with Crippen molar-refractivity contribution in [2.45, 2.75) is 32.1 Å². The normalized spacial score (nSPS) is 15.8. The summed E-state index contributed by atoms with van der Waals surface area (Å²) >= 11 is 0. The molecule has 0 saturated heterocycles. The van der Waals surface area contributed by atoms with Crippen LogP contribution in [-0.2, 0) is 6.42 Å². The molecule has 104 valence electrons. The predicted molar refractivity (Wildman–Crippen MR) is 89.8 cm³/mol. The van der Waals surface area contributed by atoms with E-state index in [0.29, 0.717) is 11.8 Å². The van der Waals surface area contributed by atoms with Crippen LogP contribution < -0.4 is 0 Å². The molecule has 0 bridgehead atoms. The fourth-order valence-corrected chi connectivity index (χ4v) is 3.65. The van der Waals surface area contributed by atoms with Crippen molar-refractivity contribution in [3.63, 3.8) is 0 Å². The zero-order valence-corrected chi connectivity index (χ0v) is 12.6. The number of fused-ring (bicyclic) bond motifs is 3. The molecule has 0 amide bonds. The van der Waals surface area contributed by atoms with E-state index in [4.69, 9.17) is 0 Å². The maximum Gasteiger partial charge on any atom is 0.0207 e. The predicted octanol–water partition coefficient (Wildman–Crippen LogP) is 5.59. The Morgan fingerprint density at radius 3 is 2.43 bits per heavy atom. The van der Waals surface area contributed by atoms with Gasteiger partial charge in [-0.15, -0.1) is 0 Å². The monoisotopic (exact) mass is 272 g/mol. The zero-order valence-electron chi connectivity index (χ0n) is 12.6. The van der Waals surface area contributed by atoms with Crippen LogP contribution in [0.2, 0.25) is 0 Å². The molecule has 2 aromatic carbocycles. The van der Waals surface area contributed by atoms with Crippen LogP contribution >= 0.6 is 0 Å². The van der Waals surface area contributed by atoms with Crippen molar-refractivity contribution in [3.05, 3.63) is 83.0 Å². The minimum absolute atomic E-state index is 0.455. The number of hydrogen-bond acceptors (Lipinski definition) is 0. The molecule has 2 aliphatic rings. The second-order valence-corrected chi connectivity index (χ2v) is 6.42. The number of hydrogen-bond donors (Lipinski definition) is 0. The highest BCUT2D eigenvalue weighted by Crippen LogP contribution is 2.41. The molecule has 0 heteroatoms. The van der Waals surface area contributed by atoms with Gasteiger partial charge in [-0.1, -0.05) is 74.5 Å². The van der Waals surface area contributed by atoms with E-state index in [1.807, 2.05) is 0 Å². The van der Waals surface area contributed by atoms with Crippen molar-refractivity contribution >= 4 is 0 Å². The molecule has 0 nitrogen and oxygen atoms in total. The Bertz CT molecular complexity index is 748. The second-order valence-electron chi connectivity index (χ2n) is 6.42. The smallest absolute Gasteiger partial charge is 0.0207 e. The van der Waals surface area contributed by atoms with Gasteiger partial charge in [0.05, 0.1) is 0 Å². The van der Waals surface area contributed by atoms with Gasteiger partial charge in [-0.3, -0.25) is 0 Å². The van der Waals surface area contributed by atoms with Crippen LogP contribution in [0.25, 0.3) is 11.1 Å². The van der Waals surface area contributed by atoms with Gasteiger partial charge in [-0.25, -0.2) is 0 Å². The van der Waals surface area contributed by atoms with E-state index in [9.17, 15) is 0 Å². The number of rotatable bonds is 2. The number of benzene rings is 2. The molecule has 2 aliphatic carbocycles. The topological polar surface area (TPSA) is 0 Å². The highest BCUT2D eigenvalue weighted by atomic mass is 14.3. The van der Waals surface area contributed by atoms with Gasteiger partial charge in [0.1, 0.15) is 0 Å². The SMILES string of the molecule is CC(C)c1cc2c(cc1C1C=CC=C1)Cc1ccccc1-2. The molecule has 0 aliphatic heterocycles. The Morgan fingerprint density at radius 2 is 1.67 bits per heavy atom. The maximum absolute atomic E-state index is 2.45. The van der Waals surface area contributed by atoms with E-state index in [1.165, 1.54) is 33.4 Å². The first-order valence-corrected chi connectivity index (χ1v) is 7.84. The Balaban J connectivity index is 1.91. The molecule has 0 N–H and O–H groups in total. The molecule has 0 spiro atoms. The summed E-state index contributed by atoms with van der Waals surface area (Å²) in [6.45, 7) is 4.60. The lowest BCUT2D eigenvalue weighted by atomic mass is 9.86. The van der Waals surface area contributed by atoms with E-state index >= 15 is 0 Å². The van der Waals surface area contributed by atoms with Crippen LogP contribution in [0, 0.1) is 0 Å². The van der Waals surface area contributed by atoms with Gasteiger partial charge in [0, 0.05) is 5.92 Å². The molecule has 0 saturated carbocycles. The van der Waals surface area contributed by atoms with E-state index in [1.54, 1.807) is 0 Å². The van der Waals surface area contributed by atoms with Crippen LogP contribution in [0.4, 0.5) is 0 Å². The van der Waals surface area contributed by atoms with Gasteiger partial charge in [-0.2, -0.15) is 0 Å². The van der Waals surface area contributed by atoms with Crippen molar-refractivity contribution in [3.8, 4) is 11.1 Å². The minimum atomic E-state index is 0.455. The minimum Gasteiger partial charge on any atom is -0.0732 e. The highest BCUT2D eigenvalue weighted by Gasteiger charge is 2.23. The summed E-state index contributed by atoms with van der Waals surface area (Å²) in [7, 11) is 0. The van der Waals surface area contributed by atoms with Crippen molar-refractivity contribution < 1.29 is 0 Å². The molecule has 0 radical (unpaired) electrons. The molecule has 2 aromatic rings. The summed E-state index contributed by atoms with van der Waals surface area (Å²) in [6.07, 6.45) is 10.0. The van der Waals surface area contributed by atoms with Crippen molar-refractivity contribution in [1.82, 2.24) is 0 Å². The second kappa shape index (κ2) is 4.73. The zero-order chi connectivity index (χ0) is 14.4. The molecule has 0 unspecified atom stereocenters. The fraction of sp³-hybridized carbons (Fsp3) is 0.238. The first-order chi connectivity index (χ1) is 10.2. The largest absolute Gasteiger partial charge is 0.0732 e. The lowest BCUT2D eigenvalue weighted by molar-refractivity contribution is 0.839. The first kappa shape index (κ1) is 12.6. The summed E-state index contributed by atoms with van der Waals surface area (Å²) < 4.78 is 0. The average molecular weight is 272 g/mol. The summed E-state index contributed by atoms with van der Waals surface area (Å²) in [6, 6.07) is 13.7. The van der Waals surface area contributed by atoms with Crippen LogP contribution in [0.3, 0.4) is 0 Å². The first-order valence-electron chi connectivity index (χ1n) is 7.84. The molecule has 0 heterocycles. The van der Waals surface area contributed by atoms with Gasteiger partial charge in [0.15, 0.2) is 0 Å². The quantitative estimate of drug-likeness (QED) is 0.570. The number of allylic oxidation sites excluding steroid dienone is 4. The summed E-state index contributed by atoms with van der Waals surface area (Å²) in [4.78, 5) is 0. The van der Waals surface area contributed by atoms with Gasteiger partial charge < -0.3 is 0 Å². The average Bonchev–Trinajstić information content (AvgIpc) is 3.13. The van der Waals surface area contributed by atoms with Crippen molar-refractivity contribution in [2.75, 3.05) is 0 Å². The van der Waals surface area contributed by atoms with Gasteiger partial charge in [0.25, 0.3) is 0 Å². The third-order valence-electron chi connectivity index (χ3n) is 4.73. The van der Waals surface area contributed by atoms with Crippen LogP contribution in [0.5, 0.6) is 0 Å². The molecule has 0 fully saturated rings. The molecule has 21 heavy (non-hydrogen) atoms.